The van der Waals surface area contributed by atoms with Crippen LogP contribution in [0.15, 0.2) is 24.3 Å². The molecule has 0 aromatic heterocycles. The van der Waals surface area contributed by atoms with Crippen LogP contribution in [0.5, 0.6) is 5.75 Å². The normalized spacial score (nSPS) is 11.8. The van der Waals surface area contributed by atoms with Gasteiger partial charge in [-0.25, -0.2) is 8.42 Å². The topological polar surface area (TPSA) is 55.4 Å². The van der Waals surface area contributed by atoms with E-state index in [1.807, 2.05) is 18.2 Å². The molecule has 0 fully saturated rings. The van der Waals surface area contributed by atoms with Crippen LogP contribution < -0.4 is 10.1 Å². The van der Waals surface area contributed by atoms with E-state index in [1.54, 1.807) is 0 Å². The van der Waals surface area contributed by atoms with Crippen LogP contribution in [0.1, 0.15) is 25.3 Å². The van der Waals surface area contributed by atoms with E-state index in [9.17, 15) is 8.42 Å². The number of hydrogen-bond acceptors (Lipinski definition) is 4. The molecule has 0 unspecified atom stereocenters. The Morgan fingerprint density at radius 3 is 2.53 bits per heavy atom. The van der Waals surface area contributed by atoms with Gasteiger partial charge in [-0.3, -0.25) is 0 Å². The summed E-state index contributed by atoms with van der Waals surface area (Å²) in [5.41, 5.74) is 1.19. The predicted molar refractivity (Wildman–Crippen MR) is 78.6 cm³/mol. The summed E-state index contributed by atoms with van der Waals surface area (Å²) < 4.78 is 27.6. The Kier molecular flexibility index (Phi) is 6.31. The molecule has 19 heavy (non-hydrogen) atoms. The van der Waals surface area contributed by atoms with Crippen molar-refractivity contribution in [2.45, 2.75) is 19.8 Å². The van der Waals surface area contributed by atoms with E-state index < -0.39 is 9.84 Å². The number of nitrogens with one attached hydrogen (secondary N) is 1. The Labute approximate surface area is 116 Å². The average Bonchev–Trinajstić information content (AvgIpc) is 2.32. The molecule has 0 saturated carbocycles. The van der Waals surface area contributed by atoms with Gasteiger partial charge in [0.1, 0.15) is 22.2 Å². The second-order valence-corrected chi connectivity index (χ2v) is 7.18. The van der Waals surface area contributed by atoms with Gasteiger partial charge in [-0.1, -0.05) is 32.0 Å². The van der Waals surface area contributed by atoms with Crippen LogP contribution in [0.25, 0.3) is 0 Å². The highest BCUT2D eigenvalue weighted by Crippen LogP contribution is 2.25. The smallest absolute Gasteiger partial charge is 0.148 e. The van der Waals surface area contributed by atoms with Crippen molar-refractivity contribution in [2.75, 3.05) is 31.7 Å². The van der Waals surface area contributed by atoms with E-state index in [4.69, 9.17) is 4.74 Å². The minimum absolute atomic E-state index is 0.162. The third kappa shape index (κ3) is 6.59. The zero-order valence-electron chi connectivity index (χ0n) is 11.8. The van der Waals surface area contributed by atoms with Crippen molar-refractivity contribution in [1.29, 1.82) is 0 Å². The van der Waals surface area contributed by atoms with Gasteiger partial charge in [0, 0.05) is 19.3 Å². The Hall–Kier alpha value is -1.07. The lowest BCUT2D eigenvalue weighted by Crippen LogP contribution is -2.26. The highest BCUT2D eigenvalue weighted by molar-refractivity contribution is 7.90. The number of sulfone groups is 1. The molecule has 1 aromatic rings. The molecule has 4 nitrogen and oxygen atoms in total. The van der Waals surface area contributed by atoms with E-state index in [0.29, 0.717) is 25.6 Å². The molecule has 0 aliphatic rings. The fourth-order valence-electron chi connectivity index (χ4n) is 1.70. The van der Waals surface area contributed by atoms with E-state index in [2.05, 4.69) is 25.2 Å². The number of benzene rings is 1. The second kappa shape index (κ2) is 7.50. The molecular formula is C14H23NO3S. The summed E-state index contributed by atoms with van der Waals surface area (Å²) in [7, 11) is -2.88. The van der Waals surface area contributed by atoms with Crippen molar-refractivity contribution < 1.29 is 13.2 Å². The third-order valence-corrected chi connectivity index (χ3v) is 3.67. The van der Waals surface area contributed by atoms with Crippen LogP contribution in [0.2, 0.25) is 0 Å². The second-order valence-electron chi connectivity index (χ2n) is 4.92. The van der Waals surface area contributed by atoms with Gasteiger partial charge in [0.25, 0.3) is 0 Å². The molecule has 1 aromatic carbocycles. The Balaban J connectivity index is 2.30. The number of para-hydroxylation sites is 1. The monoisotopic (exact) mass is 285 g/mol. The zero-order chi connectivity index (χ0) is 14.3. The summed E-state index contributed by atoms with van der Waals surface area (Å²) in [4.78, 5) is 0. The summed E-state index contributed by atoms with van der Waals surface area (Å²) in [5.74, 6) is 1.49. The molecule has 1 rings (SSSR count). The molecule has 0 spiro atoms. The Morgan fingerprint density at radius 2 is 1.89 bits per heavy atom. The fourth-order valence-corrected chi connectivity index (χ4v) is 2.22. The van der Waals surface area contributed by atoms with Gasteiger partial charge in [-0.05, 0) is 17.5 Å². The minimum Gasteiger partial charge on any atom is -0.492 e. The lowest BCUT2D eigenvalue weighted by Gasteiger charge is -2.14. The molecule has 0 aliphatic heterocycles. The summed E-state index contributed by atoms with van der Waals surface area (Å²) in [6, 6.07) is 7.99. The van der Waals surface area contributed by atoms with Crippen LogP contribution in [-0.2, 0) is 9.84 Å². The first-order valence-electron chi connectivity index (χ1n) is 6.50. The largest absolute Gasteiger partial charge is 0.492 e. The molecule has 0 radical (unpaired) electrons. The summed E-state index contributed by atoms with van der Waals surface area (Å²) in [5, 5.41) is 3.06. The van der Waals surface area contributed by atoms with Crippen LogP contribution in [0, 0.1) is 0 Å². The SMILES string of the molecule is CC(C)c1ccccc1OCCNCCS(C)(=O)=O. The zero-order valence-corrected chi connectivity index (χ0v) is 12.7. The molecule has 1 N–H and O–H groups in total. The maximum absolute atomic E-state index is 10.9. The van der Waals surface area contributed by atoms with Crippen molar-refractivity contribution in [2.24, 2.45) is 0 Å². The molecule has 0 bridgehead atoms. The maximum Gasteiger partial charge on any atom is 0.148 e. The van der Waals surface area contributed by atoms with Gasteiger partial charge in [0.2, 0.25) is 0 Å². The first-order valence-corrected chi connectivity index (χ1v) is 8.56. The highest BCUT2D eigenvalue weighted by atomic mass is 32.2. The molecule has 5 heteroatoms. The van der Waals surface area contributed by atoms with E-state index in [1.165, 1.54) is 11.8 Å². The number of hydrogen-bond donors (Lipinski definition) is 1. The molecule has 0 saturated heterocycles. The van der Waals surface area contributed by atoms with Crippen LogP contribution in [0.4, 0.5) is 0 Å². The summed E-state index contributed by atoms with van der Waals surface area (Å²) >= 11 is 0. The first-order chi connectivity index (χ1) is 8.90. The maximum atomic E-state index is 10.9. The van der Waals surface area contributed by atoms with Crippen LogP contribution in [0.3, 0.4) is 0 Å². The summed E-state index contributed by atoms with van der Waals surface area (Å²) in [6.07, 6.45) is 1.24. The van der Waals surface area contributed by atoms with Gasteiger partial charge in [-0.15, -0.1) is 0 Å². The molecule has 108 valence electrons. The van der Waals surface area contributed by atoms with Crippen molar-refractivity contribution in [1.82, 2.24) is 5.32 Å². The van der Waals surface area contributed by atoms with Crippen molar-refractivity contribution >= 4 is 9.84 Å². The summed E-state index contributed by atoms with van der Waals surface area (Å²) in [6.45, 7) is 5.91. The average molecular weight is 285 g/mol. The van der Waals surface area contributed by atoms with E-state index >= 15 is 0 Å². The molecule has 0 atom stereocenters. The molecular weight excluding hydrogens is 262 g/mol. The van der Waals surface area contributed by atoms with Crippen molar-refractivity contribution in [3.8, 4) is 5.75 Å². The number of ether oxygens (including phenoxy) is 1. The molecule has 0 aliphatic carbocycles. The van der Waals surface area contributed by atoms with Gasteiger partial charge in [-0.2, -0.15) is 0 Å². The van der Waals surface area contributed by atoms with Gasteiger partial charge in [0.05, 0.1) is 5.75 Å². The lowest BCUT2D eigenvalue weighted by atomic mass is 10.0. The molecule has 0 amide bonds. The quantitative estimate of drug-likeness (QED) is 0.740. The predicted octanol–water partition coefficient (Wildman–Crippen LogP) is 1.82. The molecule has 0 heterocycles. The highest BCUT2D eigenvalue weighted by Gasteiger charge is 2.06. The van der Waals surface area contributed by atoms with Crippen molar-refractivity contribution in [3.05, 3.63) is 29.8 Å². The minimum atomic E-state index is -2.88. The Morgan fingerprint density at radius 1 is 1.21 bits per heavy atom. The third-order valence-electron chi connectivity index (χ3n) is 2.73. The van der Waals surface area contributed by atoms with Gasteiger partial charge < -0.3 is 10.1 Å². The lowest BCUT2D eigenvalue weighted by molar-refractivity contribution is 0.311. The van der Waals surface area contributed by atoms with E-state index in [0.717, 1.165) is 5.75 Å². The van der Waals surface area contributed by atoms with Gasteiger partial charge >= 0.3 is 0 Å². The first kappa shape index (κ1) is 16.0. The Bertz CT molecular complexity index is 483. The van der Waals surface area contributed by atoms with Crippen LogP contribution in [-0.4, -0.2) is 40.1 Å². The van der Waals surface area contributed by atoms with Gasteiger partial charge in [0.15, 0.2) is 0 Å². The number of rotatable bonds is 8. The van der Waals surface area contributed by atoms with E-state index in [-0.39, 0.29) is 5.75 Å². The van der Waals surface area contributed by atoms with Crippen LogP contribution >= 0.6 is 0 Å². The fraction of sp³-hybridized carbons (Fsp3) is 0.571. The van der Waals surface area contributed by atoms with Crippen molar-refractivity contribution in [3.63, 3.8) is 0 Å². The standard InChI is InChI=1S/C14H23NO3S/c1-12(2)13-6-4-5-7-14(13)18-10-8-15-9-11-19(3,16)17/h4-7,12,15H,8-11H2,1-3H3.